The Morgan fingerprint density at radius 3 is 2.57 bits per heavy atom. The summed E-state index contributed by atoms with van der Waals surface area (Å²) < 4.78 is 2.01. The molecule has 5 heteroatoms. The van der Waals surface area contributed by atoms with Crippen LogP contribution < -0.4 is 5.32 Å². The summed E-state index contributed by atoms with van der Waals surface area (Å²) in [5.74, 6) is 0. The zero-order chi connectivity index (χ0) is 15.2. The lowest BCUT2D eigenvalue weighted by molar-refractivity contribution is 0.520. The van der Waals surface area contributed by atoms with Gasteiger partial charge in [-0.2, -0.15) is 5.10 Å². The van der Waals surface area contributed by atoms with E-state index < -0.39 is 0 Å². The summed E-state index contributed by atoms with van der Waals surface area (Å²) >= 11 is 8.14. The van der Waals surface area contributed by atoms with Gasteiger partial charge in [-0.1, -0.05) is 37.6 Å². The monoisotopic (exact) mass is 323 g/mol. The second-order valence-corrected chi connectivity index (χ2v) is 6.15. The molecule has 0 radical (unpaired) electrons. The Morgan fingerprint density at radius 1 is 1.29 bits per heavy atom. The Morgan fingerprint density at radius 2 is 2.00 bits per heavy atom. The van der Waals surface area contributed by atoms with Crippen LogP contribution in [0, 0.1) is 0 Å². The molecule has 114 valence electrons. The second kappa shape index (κ2) is 7.87. The molecule has 0 spiro atoms. The predicted molar refractivity (Wildman–Crippen MR) is 91.3 cm³/mol. The van der Waals surface area contributed by atoms with E-state index in [1.165, 1.54) is 10.5 Å². The number of aryl methyl sites for hydroxylation is 1. The summed E-state index contributed by atoms with van der Waals surface area (Å²) in [4.78, 5) is 1.27. The Labute approximate surface area is 136 Å². The minimum atomic E-state index is 0.0763. The zero-order valence-corrected chi connectivity index (χ0v) is 14.3. The van der Waals surface area contributed by atoms with Crippen molar-refractivity contribution in [1.29, 1.82) is 0 Å². The van der Waals surface area contributed by atoms with Crippen molar-refractivity contribution in [3.05, 3.63) is 46.7 Å². The van der Waals surface area contributed by atoms with Crippen molar-refractivity contribution in [3.8, 4) is 0 Å². The molecular formula is C16H22ClN3S. The van der Waals surface area contributed by atoms with Crippen molar-refractivity contribution in [2.24, 2.45) is 0 Å². The molecule has 0 amide bonds. The van der Waals surface area contributed by atoms with Gasteiger partial charge in [0.15, 0.2) is 0 Å². The van der Waals surface area contributed by atoms with Crippen LogP contribution in [0.4, 0.5) is 0 Å². The summed E-state index contributed by atoms with van der Waals surface area (Å²) in [6, 6.07) is 8.71. The van der Waals surface area contributed by atoms with Gasteiger partial charge in [0.25, 0.3) is 0 Å². The lowest BCUT2D eigenvalue weighted by Gasteiger charge is -2.21. The number of benzene rings is 1. The molecule has 1 heterocycles. The molecule has 0 aliphatic carbocycles. The number of hydrogen-bond acceptors (Lipinski definition) is 3. The summed E-state index contributed by atoms with van der Waals surface area (Å²) in [6.07, 6.45) is 4.87. The van der Waals surface area contributed by atoms with Crippen molar-refractivity contribution < 1.29 is 0 Å². The highest BCUT2D eigenvalue weighted by Gasteiger charge is 2.21. The molecule has 3 nitrogen and oxygen atoms in total. The van der Waals surface area contributed by atoms with E-state index in [-0.39, 0.29) is 6.04 Å². The molecule has 21 heavy (non-hydrogen) atoms. The molecule has 0 aliphatic heterocycles. The van der Waals surface area contributed by atoms with Crippen molar-refractivity contribution in [2.75, 3.05) is 12.8 Å². The fraction of sp³-hybridized carbons (Fsp3) is 0.438. The third-order valence-corrected chi connectivity index (χ3v) is 4.43. The molecule has 0 saturated heterocycles. The minimum Gasteiger partial charge on any atom is -0.305 e. The Balaban J connectivity index is 2.40. The summed E-state index contributed by atoms with van der Waals surface area (Å²) in [5.41, 5.74) is 2.27. The Hall–Kier alpha value is -0.970. The highest BCUT2D eigenvalue weighted by atomic mass is 35.5. The van der Waals surface area contributed by atoms with Crippen LogP contribution in [0.2, 0.25) is 5.02 Å². The van der Waals surface area contributed by atoms with Crippen LogP contribution >= 0.6 is 23.4 Å². The topological polar surface area (TPSA) is 29.9 Å². The average molecular weight is 324 g/mol. The summed E-state index contributed by atoms with van der Waals surface area (Å²) in [6.45, 7) is 6.02. The quantitative estimate of drug-likeness (QED) is 0.767. The lowest BCUT2D eigenvalue weighted by Crippen LogP contribution is -2.25. The van der Waals surface area contributed by atoms with Gasteiger partial charge in [-0.15, -0.1) is 11.8 Å². The van der Waals surface area contributed by atoms with Gasteiger partial charge in [0.05, 0.1) is 23.0 Å². The number of nitrogens with zero attached hydrogens (tertiary/aromatic N) is 2. The highest BCUT2D eigenvalue weighted by Crippen LogP contribution is 2.29. The van der Waals surface area contributed by atoms with Crippen molar-refractivity contribution in [3.63, 3.8) is 0 Å². The Kier molecular flexibility index (Phi) is 6.15. The maximum absolute atomic E-state index is 6.39. The van der Waals surface area contributed by atoms with Crippen LogP contribution in [-0.4, -0.2) is 22.6 Å². The van der Waals surface area contributed by atoms with Crippen LogP contribution in [0.25, 0.3) is 0 Å². The molecule has 1 aromatic carbocycles. The number of nitrogens with one attached hydrogen (secondary N) is 1. The van der Waals surface area contributed by atoms with Gasteiger partial charge < -0.3 is 5.32 Å². The van der Waals surface area contributed by atoms with Gasteiger partial charge in [0.1, 0.15) is 0 Å². The standard InChI is InChI=1S/C16H22ClN3S/c1-4-10-20-16(14(17)11-19-20)15(18-5-2)12-6-8-13(21-3)9-7-12/h6-9,11,15,18H,4-5,10H2,1-3H3. The first-order chi connectivity index (χ1) is 10.2. The number of rotatable bonds is 7. The summed E-state index contributed by atoms with van der Waals surface area (Å²) in [5, 5.41) is 8.66. The molecule has 2 rings (SSSR count). The van der Waals surface area contributed by atoms with Gasteiger partial charge in [-0.25, -0.2) is 0 Å². The molecule has 1 aromatic heterocycles. The van der Waals surface area contributed by atoms with Crippen molar-refractivity contribution in [1.82, 2.24) is 15.1 Å². The largest absolute Gasteiger partial charge is 0.305 e. The van der Waals surface area contributed by atoms with E-state index in [9.17, 15) is 0 Å². The van der Waals surface area contributed by atoms with Gasteiger partial charge in [-0.3, -0.25) is 4.68 Å². The van der Waals surface area contributed by atoms with E-state index in [2.05, 4.69) is 54.8 Å². The van der Waals surface area contributed by atoms with E-state index in [1.54, 1.807) is 18.0 Å². The SMILES string of the molecule is CCCn1ncc(Cl)c1C(NCC)c1ccc(SC)cc1. The first kappa shape index (κ1) is 16.4. The third kappa shape index (κ3) is 3.82. The van der Waals surface area contributed by atoms with E-state index in [4.69, 9.17) is 11.6 Å². The smallest absolute Gasteiger partial charge is 0.0837 e. The van der Waals surface area contributed by atoms with E-state index in [1.807, 2.05) is 4.68 Å². The van der Waals surface area contributed by atoms with E-state index in [0.717, 1.165) is 30.2 Å². The third-order valence-electron chi connectivity index (χ3n) is 3.40. The van der Waals surface area contributed by atoms with Gasteiger partial charge in [0, 0.05) is 11.4 Å². The molecule has 0 fully saturated rings. The van der Waals surface area contributed by atoms with Crippen LogP contribution in [0.15, 0.2) is 35.4 Å². The van der Waals surface area contributed by atoms with E-state index >= 15 is 0 Å². The maximum atomic E-state index is 6.39. The normalized spacial score (nSPS) is 12.6. The Bertz CT molecular complexity index is 565. The molecule has 0 bridgehead atoms. The van der Waals surface area contributed by atoms with E-state index in [0.29, 0.717) is 0 Å². The van der Waals surface area contributed by atoms with Crippen LogP contribution in [0.5, 0.6) is 0 Å². The molecule has 1 unspecified atom stereocenters. The highest BCUT2D eigenvalue weighted by molar-refractivity contribution is 7.98. The fourth-order valence-corrected chi connectivity index (χ4v) is 3.08. The first-order valence-corrected chi connectivity index (χ1v) is 8.90. The first-order valence-electron chi connectivity index (χ1n) is 7.29. The molecule has 1 N–H and O–H groups in total. The average Bonchev–Trinajstić information content (AvgIpc) is 2.86. The van der Waals surface area contributed by atoms with Crippen molar-refractivity contribution >= 4 is 23.4 Å². The zero-order valence-electron chi connectivity index (χ0n) is 12.8. The van der Waals surface area contributed by atoms with Gasteiger partial charge >= 0.3 is 0 Å². The molecule has 2 aromatic rings. The molecule has 1 atom stereocenters. The molecular weight excluding hydrogens is 302 g/mol. The molecule has 0 saturated carbocycles. The fourth-order valence-electron chi connectivity index (χ4n) is 2.42. The van der Waals surface area contributed by atoms with Gasteiger partial charge in [0.2, 0.25) is 0 Å². The van der Waals surface area contributed by atoms with Crippen LogP contribution in [0.3, 0.4) is 0 Å². The number of halogens is 1. The minimum absolute atomic E-state index is 0.0763. The van der Waals surface area contributed by atoms with Crippen LogP contribution in [0.1, 0.15) is 37.6 Å². The number of hydrogen-bond donors (Lipinski definition) is 1. The maximum Gasteiger partial charge on any atom is 0.0837 e. The van der Waals surface area contributed by atoms with Gasteiger partial charge in [-0.05, 0) is 36.9 Å². The second-order valence-electron chi connectivity index (χ2n) is 4.86. The molecule has 0 aliphatic rings. The number of aromatic nitrogens is 2. The summed E-state index contributed by atoms with van der Waals surface area (Å²) in [7, 11) is 0. The lowest BCUT2D eigenvalue weighted by atomic mass is 10.0. The van der Waals surface area contributed by atoms with Crippen LogP contribution in [-0.2, 0) is 6.54 Å². The van der Waals surface area contributed by atoms with Crippen molar-refractivity contribution in [2.45, 2.75) is 37.8 Å². The predicted octanol–water partition coefficient (Wildman–Crippen LogP) is 4.37. The number of thioether (sulfide) groups is 1.